The third-order valence-corrected chi connectivity index (χ3v) is 2.18. The molecule has 0 radical (unpaired) electrons. The van der Waals surface area contributed by atoms with Gasteiger partial charge >= 0.3 is 5.69 Å². The normalized spacial score (nSPS) is 12.2. The molecule has 8 heteroatoms. The molecule has 0 aliphatic heterocycles. The van der Waals surface area contributed by atoms with Crippen molar-refractivity contribution in [2.75, 3.05) is 30.3 Å². The fourth-order valence-electron chi connectivity index (χ4n) is 1.34. The molecule has 1 heterocycles. The van der Waals surface area contributed by atoms with E-state index in [0.717, 1.165) is 0 Å². The van der Waals surface area contributed by atoms with E-state index in [4.69, 9.17) is 10.8 Å². The van der Waals surface area contributed by atoms with Crippen LogP contribution in [0.15, 0.2) is 9.59 Å². The summed E-state index contributed by atoms with van der Waals surface area (Å²) in [6, 6.07) is -0.124. The smallest absolute Gasteiger partial charge is 0.327 e. The maximum absolute atomic E-state index is 11.6. The molecule has 0 saturated heterocycles. The van der Waals surface area contributed by atoms with Crippen molar-refractivity contribution >= 4 is 11.5 Å². The maximum atomic E-state index is 11.6. The van der Waals surface area contributed by atoms with E-state index in [-0.39, 0.29) is 18.3 Å². The van der Waals surface area contributed by atoms with Gasteiger partial charge in [-0.05, 0) is 13.3 Å². The van der Waals surface area contributed by atoms with Crippen LogP contribution < -0.4 is 27.6 Å². The Labute approximate surface area is 104 Å². The van der Waals surface area contributed by atoms with Crippen LogP contribution in [-0.4, -0.2) is 40.8 Å². The Bertz CT molecular complexity index is 479. The molecule has 0 aliphatic carbocycles. The second kappa shape index (κ2) is 6.82. The van der Waals surface area contributed by atoms with Crippen LogP contribution in [0.4, 0.5) is 11.5 Å². The number of nitrogens with one attached hydrogen (secondary N) is 4. The molecule has 0 unspecified atom stereocenters. The molecular weight excluding hydrogens is 238 g/mol. The molecule has 0 aromatic carbocycles. The predicted molar refractivity (Wildman–Crippen MR) is 70.0 cm³/mol. The van der Waals surface area contributed by atoms with E-state index in [1.807, 2.05) is 0 Å². The van der Waals surface area contributed by atoms with Gasteiger partial charge in [-0.2, -0.15) is 0 Å². The van der Waals surface area contributed by atoms with Crippen molar-refractivity contribution in [3.63, 3.8) is 0 Å². The van der Waals surface area contributed by atoms with Crippen LogP contribution in [0.1, 0.15) is 13.3 Å². The van der Waals surface area contributed by atoms with Gasteiger partial charge in [0.2, 0.25) is 0 Å². The van der Waals surface area contributed by atoms with E-state index in [1.165, 1.54) is 0 Å². The van der Waals surface area contributed by atoms with Crippen LogP contribution in [0.3, 0.4) is 0 Å². The van der Waals surface area contributed by atoms with Crippen molar-refractivity contribution in [2.45, 2.75) is 19.4 Å². The summed E-state index contributed by atoms with van der Waals surface area (Å²) in [5, 5.41) is 14.4. The van der Waals surface area contributed by atoms with Crippen molar-refractivity contribution in [3.05, 3.63) is 20.8 Å². The number of rotatable bonds is 7. The first kappa shape index (κ1) is 14.3. The summed E-state index contributed by atoms with van der Waals surface area (Å²) in [4.78, 5) is 27.4. The zero-order valence-corrected chi connectivity index (χ0v) is 10.2. The highest BCUT2D eigenvalue weighted by Gasteiger charge is 2.09. The van der Waals surface area contributed by atoms with Crippen LogP contribution in [0.5, 0.6) is 0 Å². The third-order valence-electron chi connectivity index (χ3n) is 2.18. The molecule has 1 atom stereocenters. The van der Waals surface area contributed by atoms with Crippen LogP contribution in [0.2, 0.25) is 0 Å². The molecule has 0 saturated carbocycles. The SMILES string of the molecule is C[C@H](N)CNc1c(NCCCO)[nH]c(=O)[nH]c1=O. The molecule has 1 aromatic heterocycles. The lowest BCUT2D eigenvalue weighted by molar-refractivity contribution is 0.292. The van der Waals surface area contributed by atoms with Gasteiger partial charge in [0.15, 0.2) is 0 Å². The largest absolute Gasteiger partial charge is 0.396 e. The van der Waals surface area contributed by atoms with E-state index >= 15 is 0 Å². The lowest BCUT2D eigenvalue weighted by atomic mass is 10.3. The number of aliphatic hydroxyl groups is 1. The Balaban J connectivity index is 2.90. The lowest BCUT2D eigenvalue weighted by Crippen LogP contribution is -2.32. The summed E-state index contributed by atoms with van der Waals surface area (Å²) < 4.78 is 0. The molecule has 0 fully saturated rings. The fraction of sp³-hybridized carbons (Fsp3) is 0.600. The van der Waals surface area contributed by atoms with Gasteiger partial charge in [0.1, 0.15) is 11.5 Å². The number of hydrogen-bond donors (Lipinski definition) is 6. The average molecular weight is 257 g/mol. The molecule has 18 heavy (non-hydrogen) atoms. The van der Waals surface area contributed by atoms with E-state index < -0.39 is 11.2 Å². The van der Waals surface area contributed by atoms with Crippen molar-refractivity contribution in [2.24, 2.45) is 5.73 Å². The highest BCUT2D eigenvalue weighted by atomic mass is 16.3. The molecule has 0 bridgehead atoms. The third kappa shape index (κ3) is 4.22. The van der Waals surface area contributed by atoms with Gasteiger partial charge in [-0.3, -0.25) is 14.8 Å². The second-order valence-corrected chi connectivity index (χ2v) is 4.02. The molecular formula is C10H19N5O3. The number of anilines is 2. The van der Waals surface area contributed by atoms with Gasteiger partial charge < -0.3 is 21.5 Å². The first-order valence-electron chi connectivity index (χ1n) is 5.75. The highest BCUT2D eigenvalue weighted by Crippen LogP contribution is 2.10. The summed E-state index contributed by atoms with van der Waals surface area (Å²) in [6.07, 6.45) is 0.515. The summed E-state index contributed by atoms with van der Waals surface area (Å²) in [6.45, 7) is 2.68. The summed E-state index contributed by atoms with van der Waals surface area (Å²) in [5.41, 5.74) is 4.74. The standard InChI is InChI=1S/C10H19N5O3/c1-6(11)5-13-7-8(12-3-2-4-16)14-10(18)15-9(7)17/h6,13,16H,2-5,11H2,1H3,(H3,12,14,15,17,18)/t6-/m0/s1. The average Bonchev–Trinajstić information content (AvgIpc) is 2.27. The Morgan fingerprint density at radius 2 is 2.06 bits per heavy atom. The molecule has 8 nitrogen and oxygen atoms in total. The van der Waals surface area contributed by atoms with Gasteiger partial charge in [-0.1, -0.05) is 0 Å². The first-order valence-corrected chi connectivity index (χ1v) is 5.75. The molecule has 1 rings (SSSR count). The van der Waals surface area contributed by atoms with Crippen LogP contribution in [0, 0.1) is 0 Å². The van der Waals surface area contributed by atoms with Gasteiger partial charge in [0, 0.05) is 25.7 Å². The molecule has 102 valence electrons. The number of aliphatic hydroxyl groups excluding tert-OH is 1. The quantitative estimate of drug-likeness (QED) is 0.333. The minimum atomic E-state index is -0.585. The number of H-pyrrole nitrogens is 2. The Morgan fingerprint density at radius 1 is 1.33 bits per heavy atom. The van der Waals surface area contributed by atoms with Crippen molar-refractivity contribution in [1.82, 2.24) is 9.97 Å². The summed E-state index contributed by atoms with van der Waals surface area (Å²) in [7, 11) is 0. The molecule has 1 aromatic rings. The van der Waals surface area contributed by atoms with Crippen molar-refractivity contribution in [3.8, 4) is 0 Å². The van der Waals surface area contributed by atoms with E-state index in [9.17, 15) is 9.59 Å². The molecule has 0 amide bonds. The predicted octanol–water partition coefficient (Wildman–Crippen LogP) is -1.38. The number of aromatic nitrogens is 2. The van der Waals surface area contributed by atoms with E-state index in [0.29, 0.717) is 25.3 Å². The highest BCUT2D eigenvalue weighted by molar-refractivity contribution is 5.62. The second-order valence-electron chi connectivity index (χ2n) is 4.02. The summed E-state index contributed by atoms with van der Waals surface area (Å²) >= 11 is 0. The van der Waals surface area contributed by atoms with Crippen molar-refractivity contribution < 1.29 is 5.11 Å². The molecule has 0 spiro atoms. The van der Waals surface area contributed by atoms with Gasteiger partial charge in [-0.15, -0.1) is 0 Å². The number of nitrogens with two attached hydrogens (primary N) is 1. The van der Waals surface area contributed by atoms with Crippen LogP contribution in [0.25, 0.3) is 0 Å². The van der Waals surface area contributed by atoms with Crippen LogP contribution in [-0.2, 0) is 0 Å². The number of aromatic amines is 2. The van der Waals surface area contributed by atoms with Crippen LogP contribution >= 0.6 is 0 Å². The monoisotopic (exact) mass is 257 g/mol. The maximum Gasteiger partial charge on any atom is 0.327 e. The van der Waals surface area contributed by atoms with Crippen molar-refractivity contribution in [1.29, 1.82) is 0 Å². The Hall–Kier alpha value is -1.80. The zero-order chi connectivity index (χ0) is 13.5. The lowest BCUT2D eigenvalue weighted by Gasteiger charge is -2.13. The summed E-state index contributed by atoms with van der Waals surface area (Å²) in [5.74, 6) is 0.304. The van der Waals surface area contributed by atoms with Gasteiger partial charge in [0.25, 0.3) is 5.56 Å². The first-order chi connectivity index (χ1) is 8.54. The van der Waals surface area contributed by atoms with E-state index in [2.05, 4.69) is 20.6 Å². The topological polar surface area (TPSA) is 136 Å². The minimum absolute atomic E-state index is 0.0308. The van der Waals surface area contributed by atoms with E-state index in [1.54, 1.807) is 6.92 Å². The Morgan fingerprint density at radius 3 is 2.67 bits per heavy atom. The zero-order valence-electron chi connectivity index (χ0n) is 10.2. The molecule has 7 N–H and O–H groups in total. The van der Waals surface area contributed by atoms with Gasteiger partial charge in [-0.25, -0.2) is 4.79 Å². The minimum Gasteiger partial charge on any atom is -0.396 e. The fourth-order valence-corrected chi connectivity index (χ4v) is 1.34. The van der Waals surface area contributed by atoms with Gasteiger partial charge in [0.05, 0.1) is 0 Å². The Kier molecular flexibility index (Phi) is 5.40. The molecule has 0 aliphatic rings. The number of hydrogen-bond acceptors (Lipinski definition) is 6.